The van der Waals surface area contributed by atoms with Gasteiger partial charge >= 0.3 is 0 Å². The van der Waals surface area contributed by atoms with Gasteiger partial charge in [0.15, 0.2) is 6.10 Å². The molecule has 0 bridgehead atoms. The van der Waals surface area contributed by atoms with E-state index in [2.05, 4.69) is 24.7 Å². The van der Waals surface area contributed by atoms with Gasteiger partial charge in [-0.05, 0) is 49.5 Å². The Hall–Kier alpha value is -1.28. The average Bonchev–Trinajstić information content (AvgIpc) is 2.56. The zero-order chi connectivity index (χ0) is 19.7. The first-order valence-corrected chi connectivity index (χ1v) is 10.0. The summed E-state index contributed by atoms with van der Waals surface area (Å²) in [6.07, 6.45) is -0.379. The number of carbonyl (C=O) groups is 2. The second-order valence-electron chi connectivity index (χ2n) is 6.43. The molecule has 2 unspecified atom stereocenters. The third kappa shape index (κ3) is 8.40. The van der Waals surface area contributed by atoms with Crippen LogP contribution in [0.4, 0.5) is 0 Å². The number of carbonyl (C=O) groups excluding carboxylic acids is 2. The van der Waals surface area contributed by atoms with E-state index in [0.29, 0.717) is 22.3 Å². The lowest BCUT2D eigenvalue weighted by molar-refractivity contribution is -0.138. The lowest BCUT2D eigenvalue weighted by atomic mass is 10.1. The van der Waals surface area contributed by atoms with Gasteiger partial charge in [0.05, 0.1) is 6.10 Å². The number of benzene rings is 1. The lowest BCUT2D eigenvalue weighted by Gasteiger charge is -2.25. The third-order valence-corrected chi connectivity index (χ3v) is 4.73. The van der Waals surface area contributed by atoms with Crippen LogP contribution in [0, 0.1) is 0 Å². The van der Waals surface area contributed by atoms with Crippen LogP contribution >= 0.6 is 23.4 Å². The van der Waals surface area contributed by atoms with Gasteiger partial charge in [-0.3, -0.25) is 20.4 Å². The van der Waals surface area contributed by atoms with Crippen molar-refractivity contribution in [2.75, 3.05) is 5.75 Å². The quantitative estimate of drug-likeness (QED) is 0.553. The van der Waals surface area contributed by atoms with E-state index in [1.165, 1.54) is 6.07 Å². The first-order valence-electron chi connectivity index (χ1n) is 8.59. The summed E-state index contributed by atoms with van der Waals surface area (Å²) in [6.45, 7) is 7.88. The van der Waals surface area contributed by atoms with E-state index >= 15 is 0 Å². The minimum atomic E-state index is -0.845. The molecule has 0 radical (unpaired) electrons. The molecule has 4 N–H and O–H groups in total. The monoisotopic (exact) mass is 401 g/mol. The molecule has 2 atom stereocenters. The number of nitrogens with one attached hydrogen (secondary N) is 2. The molecule has 0 aromatic heterocycles. The van der Waals surface area contributed by atoms with Gasteiger partial charge < -0.3 is 10.5 Å². The number of thioether (sulfide) groups is 1. The second-order valence-corrected chi connectivity index (χ2v) is 8.55. The number of hydrazine groups is 1. The zero-order valence-corrected chi connectivity index (χ0v) is 17.2. The SMILES string of the molecule is CC(C)OC(C(=O)NNC(=O)c1cccc(Cl)c1)C(N)CCSC(C)C. The number of nitrogens with two attached hydrogens (primary N) is 1. The molecule has 1 aromatic rings. The van der Waals surface area contributed by atoms with Crippen LogP contribution in [0.1, 0.15) is 44.5 Å². The molecule has 0 fully saturated rings. The summed E-state index contributed by atoms with van der Waals surface area (Å²) in [4.78, 5) is 24.6. The highest BCUT2D eigenvalue weighted by Gasteiger charge is 2.28. The number of rotatable bonds is 9. The fraction of sp³-hybridized carbons (Fsp3) is 0.556. The van der Waals surface area contributed by atoms with Crippen molar-refractivity contribution in [2.24, 2.45) is 5.73 Å². The number of ether oxygens (including phenoxy) is 1. The van der Waals surface area contributed by atoms with Crippen molar-refractivity contribution in [3.63, 3.8) is 0 Å². The topological polar surface area (TPSA) is 93.5 Å². The summed E-state index contributed by atoms with van der Waals surface area (Å²) in [5.74, 6) is -0.108. The molecule has 0 aliphatic carbocycles. The van der Waals surface area contributed by atoms with Crippen LogP contribution in [0.25, 0.3) is 0 Å². The van der Waals surface area contributed by atoms with Crippen LogP contribution in [-0.2, 0) is 9.53 Å². The average molecular weight is 402 g/mol. The van der Waals surface area contributed by atoms with Crippen LogP contribution in [0.3, 0.4) is 0 Å². The molecular weight excluding hydrogens is 374 g/mol. The molecule has 146 valence electrons. The Labute approximate surface area is 164 Å². The van der Waals surface area contributed by atoms with Crippen LogP contribution in [0.15, 0.2) is 24.3 Å². The van der Waals surface area contributed by atoms with Gasteiger partial charge in [-0.2, -0.15) is 11.8 Å². The maximum Gasteiger partial charge on any atom is 0.269 e. The Morgan fingerprint density at radius 2 is 1.92 bits per heavy atom. The standard InChI is InChI=1S/C18H28ClN3O3S/c1-11(2)25-16(15(20)8-9-26-12(3)4)18(24)22-21-17(23)13-6-5-7-14(19)10-13/h5-7,10-12,15-16H,8-9,20H2,1-4H3,(H,21,23)(H,22,24). The van der Waals surface area contributed by atoms with Crippen molar-refractivity contribution >= 4 is 35.2 Å². The molecule has 0 aliphatic heterocycles. The molecule has 0 saturated heterocycles. The normalized spacial score (nSPS) is 13.5. The predicted octanol–water partition coefficient (Wildman–Crippen LogP) is 2.75. The molecule has 2 amide bonds. The molecular formula is C18H28ClN3O3S. The fourth-order valence-corrected chi connectivity index (χ4v) is 3.20. The van der Waals surface area contributed by atoms with Crippen molar-refractivity contribution in [1.82, 2.24) is 10.9 Å². The molecule has 6 nitrogen and oxygen atoms in total. The first kappa shape index (κ1) is 22.8. The Balaban J connectivity index is 2.63. The fourth-order valence-electron chi connectivity index (χ4n) is 2.13. The van der Waals surface area contributed by atoms with E-state index in [1.807, 2.05) is 13.8 Å². The van der Waals surface area contributed by atoms with E-state index in [-0.39, 0.29) is 6.10 Å². The molecule has 1 aromatic carbocycles. The molecule has 8 heteroatoms. The van der Waals surface area contributed by atoms with Crippen LogP contribution in [0.5, 0.6) is 0 Å². The lowest BCUT2D eigenvalue weighted by Crippen LogP contribution is -2.54. The van der Waals surface area contributed by atoms with Gasteiger partial charge in [0.1, 0.15) is 0 Å². The maximum atomic E-state index is 12.5. The Morgan fingerprint density at radius 1 is 1.23 bits per heavy atom. The summed E-state index contributed by atoms with van der Waals surface area (Å²) in [6, 6.07) is 5.97. The summed E-state index contributed by atoms with van der Waals surface area (Å²) < 4.78 is 5.67. The van der Waals surface area contributed by atoms with E-state index in [4.69, 9.17) is 22.1 Å². The summed E-state index contributed by atoms with van der Waals surface area (Å²) in [5.41, 5.74) is 11.3. The highest BCUT2D eigenvalue weighted by molar-refractivity contribution is 7.99. The molecule has 26 heavy (non-hydrogen) atoms. The van der Waals surface area contributed by atoms with Crippen LogP contribution < -0.4 is 16.6 Å². The van der Waals surface area contributed by atoms with E-state index in [9.17, 15) is 9.59 Å². The van der Waals surface area contributed by atoms with E-state index < -0.39 is 24.0 Å². The Kier molecular flexibility index (Phi) is 10.0. The van der Waals surface area contributed by atoms with Crippen LogP contribution in [-0.4, -0.2) is 41.1 Å². The van der Waals surface area contributed by atoms with Crippen molar-refractivity contribution in [2.45, 2.75) is 57.6 Å². The summed E-state index contributed by atoms with van der Waals surface area (Å²) >= 11 is 7.64. The van der Waals surface area contributed by atoms with Gasteiger partial charge in [0.2, 0.25) is 0 Å². The molecule has 0 aliphatic rings. The van der Waals surface area contributed by atoms with Gasteiger partial charge in [0.25, 0.3) is 11.8 Å². The summed E-state index contributed by atoms with van der Waals surface area (Å²) in [7, 11) is 0. The number of halogens is 1. The molecule has 0 heterocycles. The predicted molar refractivity (Wildman–Crippen MR) is 107 cm³/mol. The molecule has 0 spiro atoms. The first-order chi connectivity index (χ1) is 12.2. The van der Waals surface area contributed by atoms with Crippen LogP contribution in [0.2, 0.25) is 5.02 Å². The van der Waals surface area contributed by atoms with E-state index in [1.54, 1.807) is 30.0 Å². The number of amides is 2. The highest BCUT2D eigenvalue weighted by Crippen LogP contribution is 2.14. The van der Waals surface area contributed by atoms with Gasteiger partial charge in [-0.25, -0.2) is 0 Å². The second kappa shape index (κ2) is 11.4. The largest absolute Gasteiger partial charge is 0.364 e. The van der Waals surface area contributed by atoms with Crippen molar-refractivity contribution in [3.8, 4) is 0 Å². The summed E-state index contributed by atoms with van der Waals surface area (Å²) in [5, 5.41) is 0.937. The number of hydrogen-bond acceptors (Lipinski definition) is 5. The highest BCUT2D eigenvalue weighted by atomic mass is 35.5. The zero-order valence-electron chi connectivity index (χ0n) is 15.6. The smallest absolute Gasteiger partial charge is 0.269 e. The third-order valence-electron chi connectivity index (χ3n) is 3.35. The van der Waals surface area contributed by atoms with Gasteiger partial charge in [-0.1, -0.05) is 31.5 Å². The van der Waals surface area contributed by atoms with Crippen molar-refractivity contribution < 1.29 is 14.3 Å². The Bertz CT molecular complexity index is 599. The van der Waals surface area contributed by atoms with E-state index in [0.717, 1.165) is 5.75 Å². The van der Waals surface area contributed by atoms with Gasteiger partial charge in [0, 0.05) is 16.6 Å². The van der Waals surface area contributed by atoms with Gasteiger partial charge in [-0.15, -0.1) is 0 Å². The molecule has 0 saturated carbocycles. The molecule has 1 rings (SSSR count). The van der Waals surface area contributed by atoms with Crippen molar-refractivity contribution in [3.05, 3.63) is 34.9 Å². The maximum absolute atomic E-state index is 12.5. The minimum absolute atomic E-state index is 0.168. The Morgan fingerprint density at radius 3 is 2.50 bits per heavy atom. The minimum Gasteiger partial charge on any atom is -0.364 e. The van der Waals surface area contributed by atoms with Crippen molar-refractivity contribution in [1.29, 1.82) is 0 Å². The number of hydrogen-bond donors (Lipinski definition) is 3.